The van der Waals surface area contributed by atoms with E-state index in [0.29, 0.717) is 18.8 Å². The van der Waals surface area contributed by atoms with Crippen molar-refractivity contribution in [3.8, 4) is 5.75 Å². The summed E-state index contributed by atoms with van der Waals surface area (Å²) in [5.41, 5.74) is 1.49. The van der Waals surface area contributed by atoms with Crippen LogP contribution in [0, 0.1) is 0 Å². The summed E-state index contributed by atoms with van der Waals surface area (Å²) in [4.78, 5) is 16.9. The molecule has 134 valence electrons. The highest BCUT2D eigenvalue weighted by atomic mass is 16.5. The van der Waals surface area contributed by atoms with Crippen LogP contribution in [0.5, 0.6) is 5.75 Å². The molecule has 3 rings (SSSR count). The Labute approximate surface area is 148 Å². The van der Waals surface area contributed by atoms with Gasteiger partial charge >= 0.3 is 0 Å². The molecule has 1 aromatic heterocycles. The summed E-state index contributed by atoms with van der Waals surface area (Å²) in [6.07, 6.45) is 1.76. The molecule has 0 bridgehead atoms. The highest BCUT2D eigenvalue weighted by Crippen LogP contribution is 2.31. The summed E-state index contributed by atoms with van der Waals surface area (Å²) in [5, 5.41) is 3.96. The summed E-state index contributed by atoms with van der Waals surface area (Å²) in [6, 6.07) is 9.83. The molecule has 2 aromatic rings. The third-order valence-electron chi connectivity index (χ3n) is 4.71. The fourth-order valence-electron chi connectivity index (χ4n) is 3.28. The van der Waals surface area contributed by atoms with Crippen molar-refractivity contribution < 1.29 is 14.1 Å². The number of aryl methyl sites for hydroxylation is 1. The largest absolute Gasteiger partial charge is 0.496 e. The predicted molar refractivity (Wildman–Crippen MR) is 94.8 cm³/mol. The van der Waals surface area contributed by atoms with Crippen LogP contribution in [-0.4, -0.2) is 54.7 Å². The lowest BCUT2D eigenvalue weighted by Crippen LogP contribution is -2.49. The molecule has 0 spiro atoms. The highest BCUT2D eigenvalue weighted by Gasteiger charge is 2.31. The van der Waals surface area contributed by atoms with Gasteiger partial charge in [0, 0.05) is 37.7 Å². The first-order chi connectivity index (χ1) is 12.1. The lowest BCUT2D eigenvalue weighted by Gasteiger charge is -2.39. The van der Waals surface area contributed by atoms with Gasteiger partial charge in [0.25, 0.3) is 5.91 Å². The van der Waals surface area contributed by atoms with Crippen molar-refractivity contribution in [2.75, 3.05) is 33.8 Å². The Kier molecular flexibility index (Phi) is 5.38. The molecule has 1 atom stereocenters. The predicted octanol–water partition coefficient (Wildman–Crippen LogP) is 2.76. The summed E-state index contributed by atoms with van der Waals surface area (Å²) < 4.78 is 10.8. The van der Waals surface area contributed by atoms with Crippen LogP contribution in [0.25, 0.3) is 0 Å². The number of carbonyl (C=O) groups is 1. The Morgan fingerprint density at radius 3 is 2.92 bits per heavy atom. The number of likely N-dealkylation sites (N-methyl/N-ethyl adjacent to an activating group) is 1. The Hall–Kier alpha value is -2.34. The van der Waals surface area contributed by atoms with Gasteiger partial charge in [-0.2, -0.15) is 0 Å². The lowest BCUT2D eigenvalue weighted by molar-refractivity contribution is 0.0533. The molecule has 0 N–H and O–H groups in total. The molecule has 1 fully saturated rings. The Balaban J connectivity index is 1.78. The second kappa shape index (κ2) is 7.70. The Morgan fingerprint density at radius 1 is 1.36 bits per heavy atom. The number of benzene rings is 1. The van der Waals surface area contributed by atoms with E-state index in [4.69, 9.17) is 9.26 Å². The van der Waals surface area contributed by atoms with Crippen molar-refractivity contribution in [2.45, 2.75) is 25.8 Å². The number of rotatable bonds is 5. The second-order valence-electron chi connectivity index (χ2n) is 6.42. The maximum atomic E-state index is 12.8. The van der Waals surface area contributed by atoms with Crippen LogP contribution in [0.2, 0.25) is 0 Å². The first-order valence-electron chi connectivity index (χ1n) is 8.72. The quantitative estimate of drug-likeness (QED) is 0.835. The highest BCUT2D eigenvalue weighted by molar-refractivity contribution is 5.92. The third kappa shape index (κ3) is 3.69. The van der Waals surface area contributed by atoms with E-state index in [9.17, 15) is 4.79 Å². The van der Waals surface area contributed by atoms with Gasteiger partial charge in [0.15, 0.2) is 5.69 Å². The second-order valence-corrected chi connectivity index (χ2v) is 6.42. The van der Waals surface area contributed by atoms with Crippen molar-refractivity contribution in [1.29, 1.82) is 0 Å². The van der Waals surface area contributed by atoms with E-state index in [2.05, 4.69) is 30.1 Å². The number of ether oxygens (including phenoxy) is 1. The van der Waals surface area contributed by atoms with Gasteiger partial charge in [-0.15, -0.1) is 0 Å². The molecule has 0 unspecified atom stereocenters. The number of amides is 1. The van der Waals surface area contributed by atoms with E-state index in [1.807, 2.05) is 23.1 Å². The number of methoxy groups -OCH3 is 1. The molecule has 1 aromatic carbocycles. The van der Waals surface area contributed by atoms with Gasteiger partial charge in [0.2, 0.25) is 0 Å². The summed E-state index contributed by atoms with van der Waals surface area (Å²) in [6.45, 7) is 4.15. The molecule has 1 amide bonds. The van der Waals surface area contributed by atoms with Crippen molar-refractivity contribution in [3.63, 3.8) is 0 Å². The van der Waals surface area contributed by atoms with E-state index in [0.717, 1.165) is 36.5 Å². The fraction of sp³-hybridized carbons (Fsp3) is 0.474. The molecular formula is C19H25N3O3. The zero-order valence-corrected chi connectivity index (χ0v) is 15.1. The SMILES string of the molecule is CCCc1cc(C(=O)N2CCN(C)[C@@H](c3ccccc3OC)C2)no1. The van der Waals surface area contributed by atoms with Crippen LogP contribution in [0.4, 0.5) is 0 Å². The summed E-state index contributed by atoms with van der Waals surface area (Å²) >= 11 is 0. The lowest BCUT2D eigenvalue weighted by atomic mass is 10.0. The number of piperazine rings is 1. The van der Waals surface area contributed by atoms with Crippen LogP contribution in [0.1, 0.15) is 41.2 Å². The zero-order valence-electron chi connectivity index (χ0n) is 15.1. The molecule has 25 heavy (non-hydrogen) atoms. The number of para-hydroxylation sites is 1. The maximum absolute atomic E-state index is 12.8. The smallest absolute Gasteiger partial charge is 0.276 e. The number of carbonyl (C=O) groups excluding carboxylic acids is 1. The zero-order chi connectivity index (χ0) is 17.8. The molecule has 6 nitrogen and oxygen atoms in total. The van der Waals surface area contributed by atoms with E-state index in [-0.39, 0.29) is 11.9 Å². The van der Waals surface area contributed by atoms with Gasteiger partial charge in [-0.25, -0.2) is 0 Å². The Morgan fingerprint density at radius 2 is 2.16 bits per heavy atom. The molecule has 1 saturated heterocycles. The number of nitrogens with zero attached hydrogens (tertiary/aromatic N) is 3. The molecule has 0 aliphatic carbocycles. The number of hydrogen-bond acceptors (Lipinski definition) is 5. The van der Waals surface area contributed by atoms with Gasteiger partial charge in [-0.05, 0) is 19.5 Å². The fourth-order valence-corrected chi connectivity index (χ4v) is 3.28. The monoisotopic (exact) mass is 343 g/mol. The van der Waals surface area contributed by atoms with Crippen molar-refractivity contribution >= 4 is 5.91 Å². The van der Waals surface area contributed by atoms with Crippen LogP contribution in [0.15, 0.2) is 34.9 Å². The molecule has 1 aliphatic rings. The van der Waals surface area contributed by atoms with Crippen LogP contribution < -0.4 is 4.74 Å². The summed E-state index contributed by atoms with van der Waals surface area (Å²) in [5.74, 6) is 1.54. The first kappa shape index (κ1) is 17.5. The standard InChI is InChI=1S/C19H25N3O3/c1-4-7-14-12-16(20-25-14)19(23)22-11-10-21(2)17(13-22)15-8-5-6-9-18(15)24-3/h5-6,8-9,12,17H,4,7,10-11,13H2,1-3H3/t17-/m1/s1. The van der Waals surface area contributed by atoms with E-state index in [1.54, 1.807) is 13.2 Å². The first-order valence-corrected chi connectivity index (χ1v) is 8.72. The van der Waals surface area contributed by atoms with Gasteiger partial charge in [-0.3, -0.25) is 9.69 Å². The van der Waals surface area contributed by atoms with Crippen molar-refractivity contribution in [3.05, 3.63) is 47.3 Å². The molecular weight excluding hydrogens is 318 g/mol. The summed E-state index contributed by atoms with van der Waals surface area (Å²) in [7, 11) is 3.75. The van der Waals surface area contributed by atoms with Gasteiger partial charge < -0.3 is 14.2 Å². The van der Waals surface area contributed by atoms with Gasteiger partial charge in [-0.1, -0.05) is 30.3 Å². The van der Waals surface area contributed by atoms with Gasteiger partial charge in [0.05, 0.1) is 13.2 Å². The average Bonchev–Trinajstić information content (AvgIpc) is 3.10. The van der Waals surface area contributed by atoms with E-state index in [1.165, 1.54) is 0 Å². The third-order valence-corrected chi connectivity index (χ3v) is 4.71. The molecule has 6 heteroatoms. The van der Waals surface area contributed by atoms with Crippen molar-refractivity contribution in [2.24, 2.45) is 0 Å². The van der Waals surface area contributed by atoms with Crippen molar-refractivity contribution in [1.82, 2.24) is 15.0 Å². The minimum absolute atomic E-state index is 0.0703. The van der Waals surface area contributed by atoms with E-state index < -0.39 is 0 Å². The normalized spacial score (nSPS) is 18.4. The number of aromatic nitrogens is 1. The maximum Gasteiger partial charge on any atom is 0.276 e. The topological polar surface area (TPSA) is 58.8 Å². The molecule has 0 radical (unpaired) electrons. The molecule has 0 saturated carbocycles. The number of hydrogen-bond donors (Lipinski definition) is 0. The van der Waals surface area contributed by atoms with Crippen LogP contribution >= 0.6 is 0 Å². The minimum Gasteiger partial charge on any atom is -0.496 e. The van der Waals surface area contributed by atoms with E-state index >= 15 is 0 Å². The minimum atomic E-state index is -0.0703. The van der Waals surface area contributed by atoms with Crippen LogP contribution in [0.3, 0.4) is 0 Å². The average molecular weight is 343 g/mol. The van der Waals surface area contributed by atoms with Crippen LogP contribution in [-0.2, 0) is 6.42 Å². The van der Waals surface area contributed by atoms with Gasteiger partial charge in [0.1, 0.15) is 11.5 Å². The molecule has 2 heterocycles. The Bertz CT molecular complexity index is 728. The molecule has 1 aliphatic heterocycles.